The monoisotopic (exact) mass is 401 g/mol. The fourth-order valence-electron chi connectivity index (χ4n) is 3.15. The highest BCUT2D eigenvalue weighted by molar-refractivity contribution is 7.89. The maximum Gasteiger partial charge on any atom is 0.273 e. The number of nitrogens with zero attached hydrogens (tertiary/aromatic N) is 3. The Morgan fingerprint density at radius 2 is 1.75 bits per heavy atom. The van der Waals surface area contributed by atoms with Crippen molar-refractivity contribution in [2.75, 3.05) is 32.7 Å². The first-order chi connectivity index (χ1) is 13.4. The van der Waals surface area contributed by atoms with E-state index in [2.05, 4.69) is 17.1 Å². The highest BCUT2D eigenvalue weighted by Crippen LogP contribution is 2.25. The van der Waals surface area contributed by atoms with Crippen LogP contribution in [0.3, 0.4) is 0 Å². The Morgan fingerprint density at radius 1 is 1.07 bits per heavy atom. The van der Waals surface area contributed by atoms with Crippen molar-refractivity contribution in [3.8, 4) is 0 Å². The molecule has 0 saturated carbocycles. The Balaban J connectivity index is 1.61. The van der Waals surface area contributed by atoms with Crippen LogP contribution in [0, 0.1) is 17.0 Å². The second-order valence-corrected chi connectivity index (χ2v) is 8.66. The minimum absolute atomic E-state index is 0.0257. The predicted octanol–water partition coefficient (Wildman–Crippen LogP) is 2.92. The average molecular weight is 401 g/mol. The molecule has 2 aromatic carbocycles. The topological polar surface area (TPSA) is 83.8 Å². The maximum absolute atomic E-state index is 12.8. The first-order valence-corrected chi connectivity index (χ1v) is 10.5. The molecule has 1 aliphatic heterocycles. The van der Waals surface area contributed by atoms with Crippen LogP contribution in [0.2, 0.25) is 0 Å². The summed E-state index contributed by atoms with van der Waals surface area (Å²) in [6.07, 6.45) is 4.12. The first kappa shape index (κ1) is 20.2. The van der Waals surface area contributed by atoms with E-state index in [4.69, 9.17) is 0 Å². The number of piperazine rings is 1. The number of nitro benzene ring substituents is 1. The average Bonchev–Trinajstić information content (AvgIpc) is 2.69. The van der Waals surface area contributed by atoms with Gasteiger partial charge in [-0.05, 0) is 18.6 Å². The first-order valence-electron chi connectivity index (χ1n) is 9.07. The van der Waals surface area contributed by atoms with Crippen LogP contribution in [0.5, 0.6) is 0 Å². The molecule has 0 atom stereocenters. The summed E-state index contributed by atoms with van der Waals surface area (Å²) in [6, 6.07) is 14.1. The van der Waals surface area contributed by atoms with Crippen molar-refractivity contribution in [1.82, 2.24) is 9.21 Å². The van der Waals surface area contributed by atoms with Gasteiger partial charge >= 0.3 is 0 Å². The predicted molar refractivity (Wildman–Crippen MR) is 109 cm³/mol. The number of rotatable bonds is 6. The van der Waals surface area contributed by atoms with E-state index in [0.717, 1.165) is 18.2 Å². The van der Waals surface area contributed by atoms with Crippen LogP contribution in [-0.4, -0.2) is 55.3 Å². The van der Waals surface area contributed by atoms with E-state index in [1.165, 1.54) is 16.4 Å². The molecule has 1 heterocycles. The van der Waals surface area contributed by atoms with E-state index in [0.29, 0.717) is 31.7 Å². The maximum atomic E-state index is 12.8. The van der Waals surface area contributed by atoms with Crippen LogP contribution in [0.15, 0.2) is 59.5 Å². The number of hydrogen-bond acceptors (Lipinski definition) is 5. The summed E-state index contributed by atoms with van der Waals surface area (Å²) in [5.41, 5.74) is 1.40. The number of aryl methyl sites for hydroxylation is 1. The Morgan fingerprint density at radius 3 is 2.39 bits per heavy atom. The smallest absolute Gasteiger partial charge is 0.273 e. The number of benzene rings is 2. The molecule has 0 spiro atoms. The zero-order valence-corrected chi connectivity index (χ0v) is 16.5. The van der Waals surface area contributed by atoms with Crippen molar-refractivity contribution in [3.05, 3.63) is 75.8 Å². The van der Waals surface area contributed by atoms with Gasteiger partial charge in [0, 0.05) is 44.4 Å². The van der Waals surface area contributed by atoms with Crippen molar-refractivity contribution < 1.29 is 13.3 Å². The van der Waals surface area contributed by atoms with Crippen molar-refractivity contribution >= 4 is 21.8 Å². The molecule has 1 saturated heterocycles. The van der Waals surface area contributed by atoms with Gasteiger partial charge in [0.05, 0.1) is 9.82 Å². The lowest BCUT2D eigenvalue weighted by atomic mass is 10.2. The fraction of sp³-hybridized carbons (Fsp3) is 0.300. The van der Waals surface area contributed by atoms with Crippen LogP contribution in [0.25, 0.3) is 6.08 Å². The minimum Gasteiger partial charge on any atom is -0.297 e. The second-order valence-electron chi connectivity index (χ2n) is 6.72. The van der Waals surface area contributed by atoms with Crippen LogP contribution in [0.1, 0.15) is 11.1 Å². The van der Waals surface area contributed by atoms with Crippen LogP contribution < -0.4 is 0 Å². The summed E-state index contributed by atoms with van der Waals surface area (Å²) in [6.45, 7) is 4.31. The molecule has 0 unspecified atom stereocenters. The van der Waals surface area contributed by atoms with E-state index in [1.807, 2.05) is 30.3 Å². The number of nitro groups is 1. The Kier molecular flexibility index (Phi) is 6.23. The zero-order valence-electron chi connectivity index (χ0n) is 15.7. The van der Waals surface area contributed by atoms with Gasteiger partial charge < -0.3 is 0 Å². The molecule has 0 aliphatic carbocycles. The summed E-state index contributed by atoms with van der Waals surface area (Å²) in [5.74, 6) is 0. The van der Waals surface area contributed by atoms with Gasteiger partial charge in [0.2, 0.25) is 10.0 Å². The minimum atomic E-state index is -3.74. The summed E-state index contributed by atoms with van der Waals surface area (Å²) >= 11 is 0. The van der Waals surface area contributed by atoms with Crippen molar-refractivity contribution in [2.24, 2.45) is 0 Å². The third kappa shape index (κ3) is 4.64. The normalized spacial score (nSPS) is 16.5. The van der Waals surface area contributed by atoms with Crippen LogP contribution in [0.4, 0.5) is 5.69 Å². The molecule has 1 aliphatic rings. The van der Waals surface area contributed by atoms with Gasteiger partial charge in [-0.1, -0.05) is 48.6 Å². The Bertz CT molecular complexity index is 966. The molecule has 3 rings (SSSR count). The molecule has 0 aromatic heterocycles. The molecule has 8 heteroatoms. The van der Waals surface area contributed by atoms with E-state index >= 15 is 0 Å². The van der Waals surface area contributed by atoms with Gasteiger partial charge in [-0.2, -0.15) is 4.31 Å². The summed E-state index contributed by atoms with van der Waals surface area (Å²) in [5, 5.41) is 11.1. The molecule has 2 aromatic rings. The van der Waals surface area contributed by atoms with Gasteiger partial charge in [0.15, 0.2) is 0 Å². The molecule has 148 valence electrons. The van der Waals surface area contributed by atoms with Crippen molar-refractivity contribution in [3.63, 3.8) is 0 Å². The molecule has 0 amide bonds. The second kappa shape index (κ2) is 8.64. The van der Waals surface area contributed by atoms with E-state index in [-0.39, 0.29) is 10.6 Å². The molecule has 0 N–H and O–H groups in total. The molecular weight excluding hydrogens is 378 g/mol. The van der Waals surface area contributed by atoms with E-state index < -0.39 is 14.9 Å². The lowest BCUT2D eigenvalue weighted by molar-refractivity contribution is -0.385. The molecule has 0 bridgehead atoms. The Labute approximate surface area is 165 Å². The van der Waals surface area contributed by atoms with E-state index in [1.54, 1.807) is 6.92 Å². The summed E-state index contributed by atoms with van der Waals surface area (Å²) in [7, 11) is -3.74. The van der Waals surface area contributed by atoms with Crippen LogP contribution >= 0.6 is 0 Å². The van der Waals surface area contributed by atoms with Gasteiger partial charge in [-0.15, -0.1) is 0 Å². The van der Waals surface area contributed by atoms with Gasteiger partial charge in [-0.3, -0.25) is 15.0 Å². The molecule has 7 nitrogen and oxygen atoms in total. The van der Waals surface area contributed by atoms with Crippen molar-refractivity contribution in [2.45, 2.75) is 11.8 Å². The van der Waals surface area contributed by atoms with Crippen molar-refractivity contribution in [1.29, 1.82) is 0 Å². The highest BCUT2D eigenvalue weighted by Gasteiger charge is 2.29. The third-order valence-electron chi connectivity index (χ3n) is 4.82. The van der Waals surface area contributed by atoms with Crippen LogP contribution in [-0.2, 0) is 10.0 Å². The lowest BCUT2D eigenvalue weighted by Gasteiger charge is -2.33. The third-order valence-corrected chi connectivity index (χ3v) is 6.71. The standard InChI is InChI=1S/C20H23N3O4S/c1-17-9-10-19(16-20(17)23(24)25)28(26,27)22-14-12-21(13-15-22)11-5-8-18-6-3-2-4-7-18/h2-10,16H,11-15H2,1H3/b8-5+. The summed E-state index contributed by atoms with van der Waals surface area (Å²) < 4.78 is 27.1. The zero-order chi connectivity index (χ0) is 20.1. The van der Waals surface area contributed by atoms with Gasteiger partial charge in [-0.25, -0.2) is 8.42 Å². The number of hydrogen-bond donors (Lipinski definition) is 0. The lowest BCUT2D eigenvalue weighted by Crippen LogP contribution is -2.48. The molecular formula is C20H23N3O4S. The molecule has 1 fully saturated rings. The quantitative estimate of drug-likeness (QED) is 0.549. The van der Waals surface area contributed by atoms with Gasteiger partial charge in [0.25, 0.3) is 5.69 Å². The largest absolute Gasteiger partial charge is 0.297 e. The Hall–Kier alpha value is -2.55. The summed E-state index contributed by atoms with van der Waals surface area (Å²) in [4.78, 5) is 12.7. The van der Waals surface area contributed by atoms with E-state index in [9.17, 15) is 18.5 Å². The SMILES string of the molecule is Cc1ccc(S(=O)(=O)N2CCN(C/C=C/c3ccccc3)CC2)cc1[N+](=O)[O-]. The van der Waals surface area contributed by atoms with Gasteiger partial charge in [0.1, 0.15) is 0 Å². The fourth-order valence-corrected chi connectivity index (χ4v) is 4.59. The molecule has 28 heavy (non-hydrogen) atoms. The molecule has 0 radical (unpaired) electrons. The number of sulfonamides is 1. The highest BCUT2D eigenvalue weighted by atomic mass is 32.2.